The first-order chi connectivity index (χ1) is 9.60. The molecule has 0 saturated carbocycles. The van der Waals surface area contributed by atoms with Crippen LogP contribution in [0, 0.1) is 0 Å². The van der Waals surface area contributed by atoms with Gasteiger partial charge < -0.3 is 14.6 Å². The number of carbonyl (C=O) groups is 1. The van der Waals surface area contributed by atoms with Gasteiger partial charge in [0.25, 0.3) is 0 Å². The number of rotatable bonds is 6. The number of halogens is 1. The summed E-state index contributed by atoms with van der Waals surface area (Å²) < 4.78 is 11.2. The van der Waals surface area contributed by atoms with Crippen molar-refractivity contribution in [1.82, 2.24) is 0 Å². The van der Waals surface area contributed by atoms with Gasteiger partial charge in [-0.15, -0.1) is 11.3 Å². The van der Waals surface area contributed by atoms with E-state index in [1.807, 2.05) is 0 Å². The fourth-order valence-corrected chi connectivity index (χ4v) is 2.80. The molecule has 0 aliphatic rings. The summed E-state index contributed by atoms with van der Waals surface area (Å²) in [7, 11) is 1.56. The normalized spacial score (nSPS) is 11.9. The highest BCUT2D eigenvalue weighted by atomic mass is 35.5. The van der Waals surface area contributed by atoms with Crippen LogP contribution in [0.1, 0.15) is 10.8 Å². The average Bonchev–Trinajstić information content (AvgIpc) is 2.85. The highest BCUT2D eigenvalue weighted by Crippen LogP contribution is 2.29. The molecule has 106 valence electrons. The maximum atomic E-state index is 11.3. The summed E-state index contributed by atoms with van der Waals surface area (Å²) >= 11 is 7.08. The van der Waals surface area contributed by atoms with Gasteiger partial charge in [0, 0.05) is 10.9 Å². The number of methoxy groups -OCH3 is 1. The molecule has 1 N–H and O–H groups in total. The van der Waals surface area contributed by atoms with E-state index in [1.54, 1.807) is 43.5 Å². The maximum Gasteiger partial charge on any atom is 0.315 e. The van der Waals surface area contributed by atoms with E-state index >= 15 is 0 Å². The third-order valence-electron chi connectivity index (χ3n) is 2.69. The van der Waals surface area contributed by atoms with Crippen molar-refractivity contribution in [3.63, 3.8) is 0 Å². The number of carboxylic acid groups (broad SMARTS) is 1. The molecule has 6 heteroatoms. The molecule has 20 heavy (non-hydrogen) atoms. The van der Waals surface area contributed by atoms with Crippen LogP contribution in [0.15, 0.2) is 36.4 Å². The molecule has 0 aliphatic carbocycles. The molecule has 1 heterocycles. The predicted molar refractivity (Wildman–Crippen MR) is 78.2 cm³/mol. The SMILES string of the molecule is COc1cccc(OCC(C(=O)O)c2ccc(Cl)s2)c1. The van der Waals surface area contributed by atoms with Crippen molar-refractivity contribution >= 4 is 28.9 Å². The Bertz CT molecular complexity index is 596. The Morgan fingerprint density at radius 3 is 2.70 bits per heavy atom. The van der Waals surface area contributed by atoms with Gasteiger partial charge in [-0.25, -0.2) is 0 Å². The zero-order valence-corrected chi connectivity index (χ0v) is 12.3. The van der Waals surface area contributed by atoms with Crippen molar-refractivity contribution < 1.29 is 19.4 Å². The molecule has 0 saturated heterocycles. The minimum absolute atomic E-state index is 0.0410. The van der Waals surface area contributed by atoms with Gasteiger partial charge in [-0.05, 0) is 24.3 Å². The fraction of sp³-hybridized carbons (Fsp3) is 0.214. The summed E-state index contributed by atoms with van der Waals surface area (Å²) in [6.45, 7) is 0.0410. The lowest BCUT2D eigenvalue weighted by molar-refractivity contribution is -0.139. The van der Waals surface area contributed by atoms with Crippen molar-refractivity contribution in [2.24, 2.45) is 0 Å². The lowest BCUT2D eigenvalue weighted by atomic mass is 10.1. The van der Waals surface area contributed by atoms with E-state index in [0.29, 0.717) is 20.7 Å². The fourth-order valence-electron chi connectivity index (χ4n) is 1.66. The summed E-state index contributed by atoms with van der Waals surface area (Å²) in [6.07, 6.45) is 0. The maximum absolute atomic E-state index is 11.3. The van der Waals surface area contributed by atoms with E-state index < -0.39 is 11.9 Å². The number of benzene rings is 1. The van der Waals surface area contributed by atoms with Gasteiger partial charge >= 0.3 is 5.97 Å². The summed E-state index contributed by atoms with van der Waals surface area (Å²) in [6, 6.07) is 10.4. The van der Waals surface area contributed by atoms with Gasteiger partial charge in [0.15, 0.2) is 0 Å². The van der Waals surface area contributed by atoms with Gasteiger partial charge in [0.1, 0.15) is 24.0 Å². The van der Waals surface area contributed by atoms with Crippen molar-refractivity contribution in [2.45, 2.75) is 5.92 Å². The molecule has 1 unspecified atom stereocenters. The molecule has 2 aromatic rings. The topological polar surface area (TPSA) is 55.8 Å². The number of thiophene rings is 1. The van der Waals surface area contributed by atoms with Crippen LogP contribution in [0.3, 0.4) is 0 Å². The van der Waals surface area contributed by atoms with Crippen LogP contribution in [0.5, 0.6) is 11.5 Å². The van der Waals surface area contributed by atoms with Gasteiger partial charge in [-0.2, -0.15) is 0 Å². The molecule has 0 aliphatic heterocycles. The molecule has 1 aromatic carbocycles. The molecule has 2 rings (SSSR count). The molecular formula is C14H13ClO4S. The van der Waals surface area contributed by atoms with E-state index in [4.69, 9.17) is 21.1 Å². The van der Waals surface area contributed by atoms with Crippen LogP contribution in [-0.2, 0) is 4.79 Å². The molecule has 1 atom stereocenters. The second-order valence-electron chi connectivity index (χ2n) is 4.02. The standard InChI is InChI=1S/C14H13ClO4S/c1-18-9-3-2-4-10(7-9)19-8-11(14(16)17)12-5-6-13(15)20-12/h2-7,11H,8H2,1H3,(H,16,17). The highest BCUT2D eigenvalue weighted by Gasteiger charge is 2.22. The van der Waals surface area contributed by atoms with Gasteiger partial charge in [0.2, 0.25) is 0 Å². The molecule has 4 nitrogen and oxygen atoms in total. The number of hydrogen-bond donors (Lipinski definition) is 1. The van der Waals surface area contributed by atoms with Crippen LogP contribution in [-0.4, -0.2) is 24.8 Å². The summed E-state index contributed by atoms with van der Waals surface area (Å²) in [5.74, 6) is -0.447. The van der Waals surface area contributed by atoms with Crippen LogP contribution in [0.4, 0.5) is 0 Å². The smallest absolute Gasteiger partial charge is 0.315 e. The van der Waals surface area contributed by atoms with Crippen molar-refractivity contribution in [3.8, 4) is 11.5 Å². The summed E-state index contributed by atoms with van der Waals surface area (Å²) in [5, 5.41) is 9.27. The molecule has 0 bridgehead atoms. The molecule has 0 radical (unpaired) electrons. The highest BCUT2D eigenvalue weighted by molar-refractivity contribution is 7.16. The Morgan fingerprint density at radius 1 is 1.35 bits per heavy atom. The van der Waals surface area contributed by atoms with E-state index in [-0.39, 0.29) is 6.61 Å². The van der Waals surface area contributed by atoms with E-state index in [1.165, 1.54) is 11.3 Å². The summed E-state index contributed by atoms with van der Waals surface area (Å²) in [5.41, 5.74) is 0. The van der Waals surface area contributed by atoms with E-state index in [9.17, 15) is 9.90 Å². The minimum atomic E-state index is -0.939. The minimum Gasteiger partial charge on any atom is -0.497 e. The van der Waals surface area contributed by atoms with Crippen LogP contribution < -0.4 is 9.47 Å². The largest absolute Gasteiger partial charge is 0.497 e. The third-order valence-corrected chi connectivity index (χ3v) is 4.04. The molecule has 1 aromatic heterocycles. The Balaban J connectivity index is 2.07. The van der Waals surface area contributed by atoms with Gasteiger partial charge in [-0.3, -0.25) is 4.79 Å². The molecular weight excluding hydrogens is 300 g/mol. The number of ether oxygens (including phenoxy) is 2. The second-order valence-corrected chi connectivity index (χ2v) is 5.77. The average molecular weight is 313 g/mol. The van der Waals surface area contributed by atoms with Crippen molar-refractivity contribution in [2.75, 3.05) is 13.7 Å². The quantitative estimate of drug-likeness (QED) is 0.884. The Morgan fingerprint density at radius 2 is 2.10 bits per heavy atom. The first-order valence-electron chi connectivity index (χ1n) is 5.85. The Hall–Kier alpha value is -1.72. The first-order valence-corrected chi connectivity index (χ1v) is 7.04. The molecule has 0 fully saturated rings. The van der Waals surface area contributed by atoms with Crippen LogP contribution in [0.25, 0.3) is 0 Å². The van der Waals surface area contributed by atoms with Gasteiger partial charge in [0.05, 0.1) is 11.4 Å². The molecule has 0 spiro atoms. The van der Waals surface area contributed by atoms with Gasteiger partial charge in [-0.1, -0.05) is 17.7 Å². The number of aliphatic carboxylic acids is 1. The number of carboxylic acids is 1. The summed E-state index contributed by atoms with van der Waals surface area (Å²) in [4.78, 5) is 12.0. The van der Waals surface area contributed by atoms with E-state index in [2.05, 4.69) is 0 Å². The van der Waals surface area contributed by atoms with Crippen molar-refractivity contribution in [1.29, 1.82) is 0 Å². The van der Waals surface area contributed by atoms with Crippen LogP contribution in [0.2, 0.25) is 4.34 Å². The lowest BCUT2D eigenvalue weighted by Crippen LogP contribution is -2.18. The first kappa shape index (κ1) is 14.7. The zero-order valence-electron chi connectivity index (χ0n) is 10.7. The molecule has 0 amide bonds. The Labute approximate surface area is 125 Å². The van der Waals surface area contributed by atoms with E-state index in [0.717, 1.165) is 0 Å². The van der Waals surface area contributed by atoms with Crippen LogP contribution >= 0.6 is 22.9 Å². The Kier molecular flexibility index (Phi) is 4.87. The second kappa shape index (κ2) is 6.63. The van der Waals surface area contributed by atoms with Crippen molar-refractivity contribution in [3.05, 3.63) is 45.6 Å². The third kappa shape index (κ3) is 3.65. The predicted octanol–water partition coefficient (Wildman–Crippen LogP) is 3.66. The monoisotopic (exact) mass is 312 g/mol. The number of hydrogen-bond acceptors (Lipinski definition) is 4. The zero-order chi connectivity index (χ0) is 14.5. The lowest BCUT2D eigenvalue weighted by Gasteiger charge is -2.12.